The molecule has 1 aromatic heterocycles. The van der Waals surface area contributed by atoms with Crippen LogP contribution in [0.15, 0.2) is 42.7 Å². The first-order valence-electron chi connectivity index (χ1n) is 8.92. The molecule has 3 rings (SSSR count). The Morgan fingerprint density at radius 3 is 2.19 bits per heavy atom. The predicted octanol–water partition coefficient (Wildman–Crippen LogP) is 2.52. The average Bonchev–Trinajstić information content (AvgIpc) is 2.85. The third-order valence-electron chi connectivity index (χ3n) is 4.69. The summed E-state index contributed by atoms with van der Waals surface area (Å²) in [6.07, 6.45) is 5.48. The summed E-state index contributed by atoms with van der Waals surface area (Å²) < 4.78 is 1.95. The van der Waals surface area contributed by atoms with Crippen LogP contribution in [-0.2, 0) is 29.5 Å². The van der Waals surface area contributed by atoms with Crippen LogP contribution in [0.5, 0.6) is 0 Å². The molecule has 1 fully saturated rings. The zero-order valence-corrected chi connectivity index (χ0v) is 15.8. The molecule has 0 bridgehead atoms. The van der Waals surface area contributed by atoms with Crippen molar-refractivity contribution in [3.63, 3.8) is 0 Å². The smallest absolute Gasteiger partial charge is 0.227 e. The maximum atomic E-state index is 12.6. The van der Waals surface area contributed by atoms with Crippen molar-refractivity contribution in [2.24, 2.45) is 7.05 Å². The van der Waals surface area contributed by atoms with Crippen molar-refractivity contribution >= 4 is 23.4 Å². The van der Waals surface area contributed by atoms with Crippen LogP contribution in [0, 0.1) is 0 Å². The lowest BCUT2D eigenvalue weighted by Gasteiger charge is -2.22. The lowest BCUT2D eigenvalue weighted by Crippen LogP contribution is -2.38. The second-order valence-electron chi connectivity index (χ2n) is 6.78. The molecule has 1 aromatic carbocycles. The van der Waals surface area contributed by atoms with E-state index in [0.29, 0.717) is 44.0 Å². The van der Waals surface area contributed by atoms with Crippen LogP contribution < -0.4 is 0 Å². The molecule has 0 unspecified atom stereocenters. The highest BCUT2D eigenvalue weighted by molar-refractivity contribution is 6.30. The first kappa shape index (κ1) is 18.5. The SMILES string of the molecule is Cn1ccc(CC(=O)N2CCCN(C(=O)Cc3cccc(Cl)c3)CC2)c1. The molecule has 2 heterocycles. The molecular formula is C20H24ClN3O2. The van der Waals surface area contributed by atoms with Crippen molar-refractivity contribution in [3.8, 4) is 0 Å². The largest absolute Gasteiger partial charge is 0.357 e. The number of rotatable bonds is 4. The van der Waals surface area contributed by atoms with Gasteiger partial charge in [0, 0.05) is 50.6 Å². The number of amides is 2. The van der Waals surface area contributed by atoms with Gasteiger partial charge in [-0.3, -0.25) is 9.59 Å². The van der Waals surface area contributed by atoms with Crippen molar-refractivity contribution in [2.75, 3.05) is 26.2 Å². The van der Waals surface area contributed by atoms with Gasteiger partial charge in [0.25, 0.3) is 0 Å². The zero-order valence-electron chi connectivity index (χ0n) is 15.0. The number of carbonyl (C=O) groups is 2. The molecule has 138 valence electrons. The molecule has 2 amide bonds. The Hall–Kier alpha value is -2.27. The Morgan fingerprint density at radius 2 is 1.62 bits per heavy atom. The molecule has 0 spiro atoms. The quantitative estimate of drug-likeness (QED) is 0.826. The molecule has 0 aliphatic carbocycles. The van der Waals surface area contributed by atoms with E-state index in [-0.39, 0.29) is 11.8 Å². The van der Waals surface area contributed by atoms with Crippen LogP contribution >= 0.6 is 11.6 Å². The van der Waals surface area contributed by atoms with Crippen LogP contribution in [0.4, 0.5) is 0 Å². The normalized spacial score (nSPS) is 15.0. The molecule has 0 atom stereocenters. The van der Waals surface area contributed by atoms with E-state index in [1.165, 1.54) is 0 Å². The number of nitrogens with zero attached hydrogens (tertiary/aromatic N) is 3. The van der Waals surface area contributed by atoms with Crippen molar-refractivity contribution in [1.29, 1.82) is 0 Å². The van der Waals surface area contributed by atoms with Crippen molar-refractivity contribution in [2.45, 2.75) is 19.3 Å². The maximum Gasteiger partial charge on any atom is 0.227 e. The van der Waals surface area contributed by atoms with E-state index >= 15 is 0 Å². The maximum absolute atomic E-state index is 12.6. The summed E-state index contributed by atoms with van der Waals surface area (Å²) in [6.45, 7) is 2.56. The van der Waals surface area contributed by atoms with Gasteiger partial charge in [-0.1, -0.05) is 23.7 Å². The summed E-state index contributed by atoms with van der Waals surface area (Å²) in [5, 5.41) is 0.642. The molecule has 26 heavy (non-hydrogen) atoms. The van der Waals surface area contributed by atoms with Gasteiger partial charge in [0.15, 0.2) is 0 Å². The molecule has 2 aromatic rings. The summed E-state index contributed by atoms with van der Waals surface area (Å²) in [4.78, 5) is 28.8. The first-order valence-corrected chi connectivity index (χ1v) is 9.30. The Morgan fingerprint density at radius 1 is 0.962 bits per heavy atom. The molecule has 0 radical (unpaired) electrons. The number of benzene rings is 1. The zero-order chi connectivity index (χ0) is 18.5. The van der Waals surface area contributed by atoms with E-state index in [1.807, 2.05) is 58.1 Å². The van der Waals surface area contributed by atoms with Gasteiger partial charge in [0.05, 0.1) is 12.8 Å². The van der Waals surface area contributed by atoms with E-state index in [2.05, 4.69) is 0 Å². The van der Waals surface area contributed by atoms with Gasteiger partial charge in [-0.2, -0.15) is 0 Å². The number of aryl methyl sites for hydroxylation is 1. The van der Waals surface area contributed by atoms with E-state index in [0.717, 1.165) is 17.5 Å². The molecule has 1 aliphatic rings. The fourth-order valence-electron chi connectivity index (χ4n) is 3.30. The minimum absolute atomic E-state index is 0.0876. The Balaban J connectivity index is 1.54. The minimum atomic E-state index is 0.0876. The van der Waals surface area contributed by atoms with Crippen LogP contribution in [0.25, 0.3) is 0 Å². The van der Waals surface area contributed by atoms with Gasteiger partial charge in [-0.15, -0.1) is 0 Å². The number of hydrogen-bond acceptors (Lipinski definition) is 2. The molecule has 1 aliphatic heterocycles. The molecule has 1 saturated heterocycles. The minimum Gasteiger partial charge on any atom is -0.357 e. The lowest BCUT2D eigenvalue weighted by molar-refractivity contribution is -0.132. The summed E-state index contributed by atoms with van der Waals surface area (Å²) in [5.41, 5.74) is 1.94. The highest BCUT2D eigenvalue weighted by Crippen LogP contribution is 2.13. The summed E-state index contributed by atoms with van der Waals surface area (Å²) in [7, 11) is 1.95. The molecule has 5 nitrogen and oxygen atoms in total. The fourth-order valence-corrected chi connectivity index (χ4v) is 3.51. The van der Waals surface area contributed by atoms with Crippen LogP contribution in [0.2, 0.25) is 5.02 Å². The van der Waals surface area contributed by atoms with E-state index in [4.69, 9.17) is 11.6 Å². The molecule has 0 N–H and O–H groups in total. The Kier molecular flexibility index (Phi) is 5.99. The van der Waals surface area contributed by atoms with Gasteiger partial charge in [0.1, 0.15) is 0 Å². The van der Waals surface area contributed by atoms with Gasteiger partial charge in [0.2, 0.25) is 11.8 Å². The lowest BCUT2D eigenvalue weighted by atomic mass is 10.1. The van der Waals surface area contributed by atoms with Crippen LogP contribution in [-0.4, -0.2) is 52.4 Å². The van der Waals surface area contributed by atoms with Gasteiger partial charge in [-0.05, 0) is 35.7 Å². The van der Waals surface area contributed by atoms with Gasteiger partial charge < -0.3 is 14.4 Å². The van der Waals surface area contributed by atoms with Crippen molar-refractivity contribution in [3.05, 3.63) is 58.9 Å². The van der Waals surface area contributed by atoms with E-state index < -0.39 is 0 Å². The highest BCUT2D eigenvalue weighted by atomic mass is 35.5. The Bertz CT molecular complexity index is 787. The van der Waals surface area contributed by atoms with Crippen LogP contribution in [0.1, 0.15) is 17.5 Å². The van der Waals surface area contributed by atoms with Gasteiger partial charge in [-0.25, -0.2) is 0 Å². The monoisotopic (exact) mass is 373 g/mol. The van der Waals surface area contributed by atoms with Crippen molar-refractivity contribution < 1.29 is 9.59 Å². The highest BCUT2D eigenvalue weighted by Gasteiger charge is 2.22. The number of hydrogen-bond donors (Lipinski definition) is 0. The third-order valence-corrected chi connectivity index (χ3v) is 4.93. The third kappa shape index (κ3) is 4.88. The number of carbonyl (C=O) groups excluding carboxylic acids is 2. The number of halogens is 1. The summed E-state index contributed by atoms with van der Waals surface area (Å²) in [5.74, 6) is 0.213. The topological polar surface area (TPSA) is 45.6 Å². The van der Waals surface area contributed by atoms with Crippen molar-refractivity contribution in [1.82, 2.24) is 14.4 Å². The molecule has 0 saturated carbocycles. The predicted molar refractivity (Wildman–Crippen MR) is 102 cm³/mol. The second-order valence-corrected chi connectivity index (χ2v) is 7.22. The number of aromatic nitrogens is 1. The second kappa shape index (κ2) is 8.41. The summed E-state index contributed by atoms with van der Waals surface area (Å²) in [6, 6.07) is 9.37. The Labute approximate surface area is 159 Å². The molecule has 6 heteroatoms. The van der Waals surface area contributed by atoms with E-state index in [9.17, 15) is 9.59 Å². The summed E-state index contributed by atoms with van der Waals surface area (Å²) >= 11 is 5.99. The van der Waals surface area contributed by atoms with Gasteiger partial charge >= 0.3 is 0 Å². The fraction of sp³-hybridized carbons (Fsp3) is 0.400. The standard InChI is InChI=1S/C20H24ClN3O2/c1-22-9-6-17(15-22)14-20(26)24-8-3-7-23(10-11-24)19(25)13-16-4-2-5-18(21)12-16/h2,4-6,9,12,15H,3,7-8,10-11,13-14H2,1H3. The van der Waals surface area contributed by atoms with E-state index in [1.54, 1.807) is 6.07 Å². The van der Waals surface area contributed by atoms with Crippen LogP contribution in [0.3, 0.4) is 0 Å². The first-order chi connectivity index (χ1) is 12.5. The molecular weight excluding hydrogens is 350 g/mol. The average molecular weight is 374 g/mol.